The molecule has 10 aromatic carbocycles. The molecule has 0 aromatic heterocycles. The van der Waals surface area contributed by atoms with E-state index < -0.39 is 0 Å². The summed E-state index contributed by atoms with van der Waals surface area (Å²) in [6, 6.07) is 96.5. The Kier molecular flexibility index (Phi) is 13.0. The maximum absolute atomic E-state index is 2.34. The molecule has 0 fully saturated rings. The zero-order valence-corrected chi connectivity index (χ0v) is 38.6. The molecule has 1 unspecified atom stereocenters. The van der Waals surface area contributed by atoms with E-state index in [2.05, 4.69) is 298 Å². The number of rotatable bonds is 13. The van der Waals surface area contributed by atoms with Gasteiger partial charge >= 0.3 is 0 Å². The minimum absolute atomic E-state index is 0.0842. The van der Waals surface area contributed by atoms with E-state index in [9.17, 15) is 0 Å². The summed E-state index contributed by atoms with van der Waals surface area (Å²) in [7, 11) is 0. The first-order chi connectivity index (χ1) is 33.5. The molecular formula is C67H53N. The fourth-order valence-corrected chi connectivity index (χ4v) is 9.12. The Morgan fingerprint density at radius 1 is 0.294 bits per heavy atom. The van der Waals surface area contributed by atoms with Crippen molar-refractivity contribution in [3.63, 3.8) is 0 Å². The van der Waals surface area contributed by atoms with E-state index in [-0.39, 0.29) is 5.92 Å². The van der Waals surface area contributed by atoms with Crippen LogP contribution < -0.4 is 4.90 Å². The van der Waals surface area contributed by atoms with Crippen molar-refractivity contribution in [2.75, 3.05) is 4.90 Å². The Morgan fingerprint density at radius 3 is 0.926 bits per heavy atom. The number of hydrogen-bond donors (Lipinski definition) is 0. The molecule has 0 bridgehead atoms. The summed E-state index contributed by atoms with van der Waals surface area (Å²) in [5, 5.41) is 0. The molecule has 0 saturated carbocycles. The molecule has 1 heteroatoms. The Hall–Kier alpha value is -8.52. The molecule has 0 heterocycles. The fraction of sp³-hybridized carbons (Fsp3) is 0.0448. The van der Waals surface area contributed by atoms with Crippen molar-refractivity contribution in [2.24, 2.45) is 0 Å². The number of anilines is 3. The molecule has 1 atom stereocenters. The summed E-state index contributed by atoms with van der Waals surface area (Å²) in [5.74, 6) is 0.0842. The molecule has 10 aromatic rings. The summed E-state index contributed by atoms with van der Waals surface area (Å²) < 4.78 is 0. The van der Waals surface area contributed by atoms with Gasteiger partial charge in [0.1, 0.15) is 0 Å². The van der Waals surface area contributed by atoms with E-state index in [0.717, 1.165) is 22.6 Å². The lowest BCUT2D eigenvalue weighted by Gasteiger charge is -2.26. The van der Waals surface area contributed by atoms with E-state index >= 15 is 0 Å². The summed E-state index contributed by atoms with van der Waals surface area (Å²) in [4.78, 5) is 2.34. The Labute approximate surface area is 402 Å². The van der Waals surface area contributed by atoms with Crippen LogP contribution in [0, 0.1) is 13.8 Å². The normalized spacial score (nSPS) is 11.3. The molecule has 1 nitrogen and oxygen atoms in total. The minimum atomic E-state index is 0.0842. The standard InChI is InChI=1S/C67H53N/c1-49-23-31-59(32-24-49)67(60-33-27-51(28-34-60)47-65(55-15-7-3-8-16-55)56-17-9-4-10-18-56)61-37-35-53(36-38-61)54-39-45-64(46-40-54)68(62-41-25-50(2)26-42-62)63-43-29-52(30-44-63)48-66(57-19-11-5-12-20-57)58-21-13-6-14-22-58/h3-48,67H,1-2H3. The molecule has 68 heavy (non-hydrogen) atoms. The predicted molar refractivity (Wildman–Crippen MR) is 290 cm³/mol. The Morgan fingerprint density at radius 2 is 0.559 bits per heavy atom. The zero-order chi connectivity index (χ0) is 46.1. The molecule has 0 amide bonds. The molecule has 0 aliphatic rings. The lowest BCUT2D eigenvalue weighted by Crippen LogP contribution is -2.09. The van der Waals surface area contributed by atoms with Crippen LogP contribution in [0.2, 0.25) is 0 Å². The second-order valence-corrected chi connectivity index (χ2v) is 17.5. The van der Waals surface area contributed by atoms with Crippen LogP contribution in [0.1, 0.15) is 67.1 Å². The molecule has 0 radical (unpaired) electrons. The quantitative estimate of drug-likeness (QED) is 0.0824. The summed E-state index contributed by atoms with van der Waals surface area (Å²) in [5.41, 5.74) is 21.5. The first kappa shape index (κ1) is 43.4. The number of hydrogen-bond acceptors (Lipinski definition) is 1. The number of aryl methyl sites for hydroxylation is 2. The second kappa shape index (κ2) is 20.3. The minimum Gasteiger partial charge on any atom is -0.311 e. The molecule has 0 saturated heterocycles. The van der Waals surface area contributed by atoms with Gasteiger partial charge in [0.2, 0.25) is 0 Å². The van der Waals surface area contributed by atoms with Crippen molar-refractivity contribution in [1.82, 2.24) is 0 Å². The highest BCUT2D eigenvalue weighted by atomic mass is 15.1. The van der Waals surface area contributed by atoms with E-state index in [1.54, 1.807) is 0 Å². The van der Waals surface area contributed by atoms with Crippen molar-refractivity contribution in [2.45, 2.75) is 19.8 Å². The van der Waals surface area contributed by atoms with Gasteiger partial charge < -0.3 is 4.90 Å². The molecule has 0 spiro atoms. The van der Waals surface area contributed by atoms with E-state index in [1.165, 1.54) is 77.9 Å². The van der Waals surface area contributed by atoms with Gasteiger partial charge in [0.05, 0.1) is 0 Å². The van der Waals surface area contributed by atoms with Crippen LogP contribution in [0.4, 0.5) is 17.1 Å². The SMILES string of the molecule is Cc1ccc(C(c2ccc(C=C(c3ccccc3)c3ccccc3)cc2)c2ccc(-c3ccc(N(c4ccc(C)cc4)c4ccc(C=C(c5ccccc5)c5ccccc5)cc4)cc3)cc2)cc1. The first-order valence-corrected chi connectivity index (χ1v) is 23.5. The van der Waals surface area contributed by atoms with Crippen LogP contribution in [-0.2, 0) is 0 Å². The van der Waals surface area contributed by atoms with Gasteiger partial charge in [-0.15, -0.1) is 0 Å². The highest BCUT2D eigenvalue weighted by Crippen LogP contribution is 2.38. The maximum atomic E-state index is 2.34. The Bertz CT molecular complexity index is 2930. The molecule has 0 aliphatic carbocycles. The topological polar surface area (TPSA) is 3.24 Å². The monoisotopic (exact) mass is 871 g/mol. The summed E-state index contributed by atoms with van der Waals surface area (Å²) >= 11 is 0. The second-order valence-electron chi connectivity index (χ2n) is 17.5. The third-order valence-corrected chi connectivity index (χ3v) is 12.8. The average molecular weight is 872 g/mol. The zero-order valence-electron chi connectivity index (χ0n) is 38.6. The lowest BCUT2D eigenvalue weighted by atomic mass is 9.84. The van der Waals surface area contributed by atoms with Gasteiger partial charge in [-0.25, -0.2) is 0 Å². The Balaban J connectivity index is 0.933. The largest absolute Gasteiger partial charge is 0.311 e. The van der Waals surface area contributed by atoms with Crippen molar-refractivity contribution < 1.29 is 0 Å². The molecule has 0 N–H and O–H groups in total. The van der Waals surface area contributed by atoms with E-state index in [1.807, 2.05) is 0 Å². The highest BCUT2D eigenvalue weighted by molar-refractivity contribution is 5.93. The van der Waals surface area contributed by atoms with Crippen LogP contribution in [0.5, 0.6) is 0 Å². The summed E-state index contributed by atoms with van der Waals surface area (Å²) in [6.07, 6.45) is 4.59. The van der Waals surface area contributed by atoms with Crippen molar-refractivity contribution in [3.05, 3.63) is 328 Å². The fourth-order valence-electron chi connectivity index (χ4n) is 9.12. The third-order valence-electron chi connectivity index (χ3n) is 12.8. The molecule has 10 rings (SSSR count). The van der Waals surface area contributed by atoms with Crippen LogP contribution in [0.25, 0.3) is 34.4 Å². The number of nitrogens with zero attached hydrogens (tertiary/aromatic N) is 1. The van der Waals surface area contributed by atoms with Gasteiger partial charge in [-0.05, 0) is 135 Å². The van der Waals surface area contributed by atoms with Crippen LogP contribution in [-0.4, -0.2) is 0 Å². The average Bonchev–Trinajstić information content (AvgIpc) is 3.41. The smallest absolute Gasteiger partial charge is 0.0462 e. The van der Waals surface area contributed by atoms with Crippen molar-refractivity contribution in [1.29, 1.82) is 0 Å². The van der Waals surface area contributed by atoms with Gasteiger partial charge in [0.25, 0.3) is 0 Å². The lowest BCUT2D eigenvalue weighted by molar-refractivity contribution is 0.976. The van der Waals surface area contributed by atoms with Crippen LogP contribution in [0.3, 0.4) is 0 Å². The summed E-state index contributed by atoms with van der Waals surface area (Å²) in [6.45, 7) is 4.29. The van der Waals surface area contributed by atoms with Gasteiger partial charge in [-0.2, -0.15) is 0 Å². The van der Waals surface area contributed by atoms with Gasteiger partial charge in [0.15, 0.2) is 0 Å². The first-order valence-electron chi connectivity index (χ1n) is 23.5. The third kappa shape index (κ3) is 9.99. The predicted octanol–water partition coefficient (Wildman–Crippen LogP) is 17.8. The van der Waals surface area contributed by atoms with Crippen molar-refractivity contribution >= 4 is 40.4 Å². The van der Waals surface area contributed by atoms with E-state index in [4.69, 9.17) is 0 Å². The van der Waals surface area contributed by atoms with Gasteiger partial charge in [0, 0.05) is 23.0 Å². The van der Waals surface area contributed by atoms with Crippen LogP contribution in [0.15, 0.2) is 267 Å². The molecular weight excluding hydrogens is 819 g/mol. The highest BCUT2D eigenvalue weighted by Gasteiger charge is 2.18. The van der Waals surface area contributed by atoms with Crippen LogP contribution >= 0.6 is 0 Å². The van der Waals surface area contributed by atoms with Crippen molar-refractivity contribution in [3.8, 4) is 11.1 Å². The number of benzene rings is 10. The molecule has 326 valence electrons. The maximum Gasteiger partial charge on any atom is 0.0462 e. The van der Waals surface area contributed by atoms with Gasteiger partial charge in [-0.3, -0.25) is 0 Å². The van der Waals surface area contributed by atoms with Gasteiger partial charge in [-0.1, -0.05) is 242 Å². The van der Waals surface area contributed by atoms with E-state index in [0.29, 0.717) is 0 Å². The molecule has 0 aliphatic heterocycles.